The van der Waals surface area contributed by atoms with Crippen LogP contribution in [0.4, 0.5) is 4.39 Å². The number of nitrogens with one attached hydrogen (secondary N) is 3. The van der Waals surface area contributed by atoms with E-state index in [9.17, 15) is 9.18 Å². The van der Waals surface area contributed by atoms with Crippen LogP contribution in [-0.2, 0) is 11.3 Å². The molecule has 162 valence electrons. The minimum Gasteiger partial charge on any atom is -0.497 e. The quantitative estimate of drug-likeness (QED) is 0.409. The van der Waals surface area contributed by atoms with Crippen molar-refractivity contribution in [1.29, 1.82) is 0 Å². The third-order valence-corrected chi connectivity index (χ3v) is 4.34. The van der Waals surface area contributed by atoms with Crippen LogP contribution in [0.2, 0.25) is 0 Å². The van der Waals surface area contributed by atoms with E-state index in [0.29, 0.717) is 24.8 Å². The molecule has 8 heteroatoms. The van der Waals surface area contributed by atoms with Crippen molar-refractivity contribution in [3.8, 4) is 11.5 Å². The van der Waals surface area contributed by atoms with Crippen LogP contribution in [0.25, 0.3) is 0 Å². The lowest BCUT2D eigenvalue weighted by molar-refractivity contribution is -0.120. The molecule has 7 nitrogen and oxygen atoms in total. The number of benzene rings is 2. The molecule has 1 atom stereocenters. The van der Waals surface area contributed by atoms with Gasteiger partial charge in [-0.05, 0) is 36.2 Å². The summed E-state index contributed by atoms with van der Waals surface area (Å²) >= 11 is 0. The summed E-state index contributed by atoms with van der Waals surface area (Å²) in [4.78, 5) is 16.2. The number of hydrogen-bond acceptors (Lipinski definition) is 4. The minimum absolute atomic E-state index is 0.0807. The van der Waals surface area contributed by atoms with Crippen LogP contribution in [-0.4, -0.2) is 45.2 Å². The molecule has 0 heterocycles. The number of rotatable bonds is 10. The Hall–Kier alpha value is -3.29. The van der Waals surface area contributed by atoms with E-state index in [4.69, 9.17) is 9.47 Å². The number of amides is 1. The number of nitrogens with zero attached hydrogens (tertiary/aromatic N) is 1. The van der Waals surface area contributed by atoms with Crippen LogP contribution in [0.3, 0.4) is 0 Å². The number of carbonyl (C=O) groups excluding carboxylic acids is 1. The Kier molecular flexibility index (Phi) is 9.44. The van der Waals surface area contributed by atoms with E-state index in [1.165, 1.54) is 12.1 Å². The first-order valence-electron chi connectivity index (χ1n) is 9.80. The van der Waals surface area contributed by atoms with Crippen LogP contribution in [0, 0.1) is 5.82 Å². The summed E-state index contributed by atoms with van der Waals surface area (Å²) in [6.45, 7) is 2.95. The van der Waals surface area contributed by atoms with E-state index < -0.39 is 0 Å². The van der Waals surface area contributed by atoms with E-state index in [1.807, 2.05) is 31.2 Å². The lowest BCUT2D eigenvalue weighted by Crippen LogP contribution is -2.45. The van der Waals surface area contributed by atoms with Crippen molar-refractivity contribution in [2.45, 2.75) is 26.0 Å². The predicted octanol–water partition coefficient (Wildman–Crippen LogP) is 2.47. The predicted molar refractivity (Wildman–Crippen MR) is 115 cm³/mol. The highest BCUT2D eigenvalue weighted by Crippen LogP contribution is 2.14. The Morgan fingerprint density at radius 1 is 1.10 bits per heavy atom. The minimum atomic E-state index is -0.339. The maximum atomic E-state index is 13.3. The van der Waals surface area contributed by atoms with Crippen molar-refractivity contribution in [3.63, 3.8) is 0 Å². The second-order valence-corrected chi connectivity index (χ2v) is 6.54. The molecule has 0 aliphatic carbocycles. The largest absolute Gasteiger partial charge is 0.497 e. The van der Waals surface area contributed by atoms with Gasteiger partial charge in [0.1, 0.15) is 23.4 Å². The molecule has 0 spiro atoms. The first-order valence-corrected chi connectivity index (χ1v) is 9.80. The molecular formula is C22H29FN4O3. The van der Waals surface area contributed by atoms with Crippen molar-refractivity contribution in [3.05, 3.63) is 59.9 Å². The number of carbonyl (C=O) groups is 1. The SMILES string of the molecule is CCC(CNC(=NC)NCC(=O)NCc1ccc(OC)cc1)Oc1cccc(F)c1. The molecular weight excluding hydrogens is 387 g/mol. The van der Waals surface area contributed by atoms with Gasteiger partial charge in [-0.2, -0.15) is 0 Å². The molecule has 0 aromatic heterocycles. The lowest BCUT2D eigenvalue weighted by atomic mass is 10.2. The molecule has 1 amide bonds. The lowest BCUT2D eigenvalue weighted by Gasteiger charge is -2.20. The Balaban J connectivity index is 1.72. The highest BCUT2D eigenvalue weighted by atomic mass is 19.1. The van der Waals surface area contributed by atoms with Crippen LogP contribution >= 0.6 is 0 Å². The van der Waals surface area contributed by atoms with Gasteiger partial charge in [0.15, 0.2) is 5.96 Å². The van der Waals surface area contributed by atoms with E-state index in [2.05, 4.69) is 20.9 Å². The summed E-state index contributed by atoms with van der Waals surface area (Å²) in [5.74, 6) is 1.24. The van der Waals surface area contributed by atoms with E-state index in [0.717, 1.165) is 17.7 Å². The van der Waals surface area contributed by atoms with Gasteiger partial charge in [-0.1, -0.05) is 25.1 Å². The summed E-state index contributed by atoms with van der Waals surface area (Å²) < 4.78 is 24.2. The molecule has 0 aliphatic rings. The van der Waals surface area contributed by atoms with Crippen LogP contribution in [0.1, 0.15) is 18.9 Å². The third-order valence-electron chi connectivity index (χ3n) is 4.34. The molecule has 1 unspecified atom stereocenters. The van der Waals surface area contributed by atoms with Gasteiger partial charge in [-0.25, -0.2) is 4.39 Å². The van der Waals surface area contributed by atoms with Crippen molar-refractivity contribution in [1.82, 2.24) is 16.0 Å². The van der Waals surface area contributed by atoms with Gasteiger partial charge in [-0.15, -0.1) is 0 Å². The van der Waals surface area contributed by atoms with Crippen molar-refractivity contribution in [2.75, 3.05) is 27.2 Å². The van der Waals surface area contributed by atoms with Gasteiger partial charge >= 0.3 is 0 Å². The third kappa shape index (κ3) is 7.98. The zero-order valence-electron chi connectivity index (χ0n) is 17.6. The van der Waals surface area contributed by atoms with Gasteiger partial charge in [0.2, 0.25) is 5.91 Å². The highest BCUT2D eigenvalue weighted by molar-refractivity contribution is 5.86. The zero-order valence-corrected chi connectivity index (χ0v) is 17.6. The Morgan fingerprint density at radius 3 is 2.50 bits per heavy atom. The fourth-order valence-electron chi connectivity index (χ4n) is 2.60. The summed E-state index contributed by atoms with van der Waals surface area (Å²) in [5, 5.41) is 8.94. The average Bonchev–Trinajstić information content (AvgIpc) is 2.77. The van der Waals surface area contributed by atoms with E-state index in [-0.39, 0.29) is 24.4 Å². The van der Waals surface area contributed by atoms with Crippen molar-refractivity contribution in [2.24, 2.45) is 4.99 Å². The summed E-state index contributed by atoms with van der Waals surface area (Å²) in [5.41, 5.74) is 0.979. The molecule has 2 rings (SSSR count). The molecule has 0 radical (unpaired) electrons. The van der Waals surface area contributed by atoms with Crippen molar-refractivity contribution >= 4 is 11.9 Å². The van der Waals surface area contributed by atoms with Gasteiger partial charge in [0.25, 0.3) is 0 Å². The first kappa shape index (κ1) is 23.0. The number of ether oxygens (including phenoxy) is 2. The van der Waals surface area contributed by atoms with Crippen molar-refractivity contribution < 1.29 is 18.7 Å². The number of halogens is 1. The summed E-state index contributed by atoms with van der Waals surface area (Å²) in [6, 6.07) is 13.5. The Labute approximate surface area is 176 Å². The first-order chi connectivity index (χ1) is 14.5. The van der Waals surface area contributed by atoms with Gasteiger partial charge < -0.3 is 25.4 Å². The molecule has 0 saturated heterocycles. The van der Waals surface area contributed by atoms with Crippen LogP contribution in [0.5, 0.6) is 11.5 Å². The average molecular weight is 416 g/mol. The van der Waals surface area contributed by atoms with Gasteiger partial charge in [0, 0.05) is 19.7 Å². The monoisotopic (exact) mass is 416 g/mol. The van der Waals surface area contributed by atoms with E-state index >= 15 is 0 Å². The molecule has 3 N–H and O–H groups in total. The number of methoxy groups -OCH3 is 1. The Bertz CT molecular complexity index is 827. The second-order valence-electron chi connectivity index (χ2n) is 6.54. The van der Waals surface area contributed by atoms with E-state index in [1.54, 1.807) is 26.3 Å². The number of hydrogen-bond donors (Lipinski definition) is 3. The maximum absolute atomic E-state index is 13.3. The number of aliphatic imine (C=N–C) groups is 1. The second kappa shape index (κ2) is 12.3. The zero-order chi connectivity index (χ0) is 21.8. The number of guanidine groups is 1. The summed E-state index contributed by atoms with van der Waals surface area (Å²) in [6.07, 6.45) is 0.553. The summed E-state index contributed by atoms with van der Waals surface area (Å²) in [7, 11) is 3.23. The standard InChI is InChI=1S/C22H29FN4O3/c1-4-18(30-20-7-5-6-17(23)12-20)14-26-22(24-2)27-15-21(28)25-13-16-8-10-19(29-3)11-9-16/h5-12,18H,4,13-15H2,1-3H3,(H,25,28)(H2,24,26,27). The molecule has 2 aromatic rings. The van der Waals surface area contributed by atoms with Crippen LogP contribution < -0.4 is 25.4 Å². The Morgan fingerprint density at radius 2 is 1.87 bits per heavy atom. The fraction of sp³-hybridized carbons (Fsp3) is 0.364. The fourth-order valence-corrected chi connectivity index (χ4v) is 2.60. The molecule has 30 heavy (non-hydrogen) atoms. The maximum Gasteiger partial charge on any atom is 0.239 e. The molecule has 0 fully saturated rings. The normalized spacial score (nSPS) is 12.1. The van der Waals surface area contributed by atoms with Crippen LogP contribution in [0.15, 0.2) is 53.5 Å². The highest BCUT2D eigenvalue weighted by Gasteiger charge is 2.11. The topological polar surface area (TPSA) is 84.0 Å². The molecule has 0 saturated carbocycles. The molecule has 0 bridgehead atoms. The molecule has 0 aliphatic heterocycles. The molecule has 2 aromatic carbocycles. The van der Waals surface area contributed by atoms with Gasteiger partial charge in [0.05, 0.1) is 20.2 Å². The smallest absolute Gasteiger partial charge is 0.239 e. The van der Waals surface area contributed by atoms with Gasteiger partial charge in [-0.3, -0.25) is 9.79 Å².